The van der Waals surface area contributed by atoms with Crippen LogP contribution in [-0.2, 0) is 17.1 Å². The average Bonchev–Trinajstić information content (AvgIpc) is 2.95. The molecular weight excluding hydrogens is 300 g/mol. The molecule has 0 radical (unpaired) electrons. The first-order chi connectivity index (χ1) is 10.5. The molecule has 1 aromatic heterocycles. The zero-order valence-electron chi connectivity index (χ0n) is 12.8. The summed E-state index contributed by atoms with van der Waals surface area (Å²) in [6.45, 7) is 1.89. The summed E-state index contributed by atoms with van der Waals surface area (Å²) in [5, 5.41) is 3.99. The highest BCUT2D eigenvalue weighted by Gasteiger charge is 2.36. The number of aryl methyl sites for hydroxylation is 1. The highest BCUT2D eigenvalue weighted by atomic mass is 32.2. The van der Waals surface area contributed by atoms with Gasteiger partial charge in [0.25, 0.3) is 0 Å². The molecule has 1 atom stereocenters. The third-order valence-corrected chi connectivity index (χ3v) is 5.87. The minimum absolute atomic E-state index is 0.176. The molecule has 0 bridgehead atoms. The Morgan fingerprint density at radius 3 is 2.50 bits per heavy atom. The van der Waals surface area contributed by atoms with Crippen molar-refractivity contribution in [1.82, 2.24) is 19.0 Å². The molecule has 7 heteroatoms. The molecule has 0 saturated carbocycles. The first-order valence-electron chi connectivity index (χ1n) is 7.22. The van der Waals surface area contributed by atoms with Gasteiger partial charge in [-0.3, -0.25) is 4.68 Å². The quantitative estimate of drug-likeness (QED) is 0.850. The molecule has 1 aliphatic heterocycles. The number of hydrogen-bond donors (Lipinski definition) is 0. The monoisotopic (exact) mass is 320 g/mol. The number of nitrogens with zero attached hydrogens (tertiary/aromatic N) is 4. The Morgan fingerprint density at radius 2 is 1.86 bits per heavy atom. The predicted molar refractivity (Wildman–Crippen MR) is 83.8 cm³/mol. The maximum atomic E-state index is 12.9. The van der Waals surface area contributed by atoms with Gasteiger partial charge in [-0.1, -0.05) is 30.3 Å². The average molecular weight is 320 g/mol. The van der Waals surface area contributed by atoms with E-state index in [1.54, 1.807) is 17.5 Å². The largest absolute Gasteiger partial charge is 0.303 e. The van der Waals surface area contributed by atoms with Gasteiger partial charge in [0, 0.05) is 32.9 Å². The normalized spacial score (nSPS) is 21.1. The van der Waals surface area contributed by atoms with Crippen molar-refractivity contribution in [2.45, 2.75) is 10.9 Å². The molecule has 1 saturated heterocycles. The third-order valence-electron chi connectivity index (χ3n) is 4.01. The molecule has 2 heterocycles. The van der Waals surface area contributed by atoms with Gasteiger partial charge >= 0.3 is 0 Å². The Bertz CT molecular complexity index is 742. The number of rotatable bonds is 3. The van der Waals surface area contributed by atoms with E-state index in [0.29, 0.717) is 13.1 Å². The molecule has 0 spiro atoms. The summed E-state index contributed by atoms with van der Waals surface area (Å²) in [5.74, 6) is 0. The molecule has 1 aliphatic rings. The van der Waals surface area contributed by atoms with Crippen molar-refractivity contribution in [3.63, 3.8) is 0 Å². The van der Waals surface area contributed by atoms with E-state index in [1.165, 1.54) is 10.9 Å². The molecule has 118 valence electrons. The Hall–Kier alpha value is -1.70. The molecule has 2 aromatic rings. The maximum absolute atomic E-state index is 12.9. The minimum atomic E-state index is -3.54. The molecule has 0 amide bonds. The van der Waals surface area contributed by atoms with Crippen LogP contribution in [0.4, 0.5) is 0 Å². The van der Waals surface area contributed by atoms with Crippen molar-refractivity contribution in [2.75, 3.05) is 26.7 Å². The van der Waals surface area contributed by atoms with Crippen molar-refractivity contribution < 1.29 is 8.42 Å². The van der Waals surface area contributed by atoms with Gasteiger partial charge in [0.05, 0.1) is 12.2 Å². The standard InChI is InChI=1S/C15H20N4O2S/c1-17-8-9-19(15(12-17)13-6-4-3-5-7-13)22(20,21)14-10-16-18(2)11-14/h3-7,10-11,15H,8-9,12H2,1-2H3/t15-/m1/s1. The van der Waals surface area contributed by atoms with Crippen LogP contribution in [0, 0.1) is 0 Å². The van der Waals surface area contributed by atoms with Gasteiger partial charge in [0.2, 0.25) is 10.0 Å². The predicted octanol–water partition coefficient (Wildman–Crippen LogP) is 1.10. The van der Waals surface area contributed by atoms with Crippen LogP contribution in [-0.4, -0.2) is 54.1 Å². The number of hydrogen-bond acceptors (Lipinski definition) is 4. The maximum Gasteiger partial charge on any atom is 0.246 e. The van der Waals surface area contributed by atoms with E-state index in [9.17, 15) is 8.42 Å². The Morgan fingerprint density at radius 1 is 1.14 bits per heavy atom. The fraction of sp³-hybridized carbons (Fsp3) is 0.400. The van der Waals surface area contributed by atoms with Gasteiger partial charge in [0.15, 0.2) is 0 Å². The second-order valence-corrected chi connectivity index (χ2v) is 7.54. The summed E-state index contributed by atoms with van der Waals surface area (Å²) >= 11 is 0. The minimum Gasteiger partial charge on any atom is -0.303 e. The molecule has 1 aromatic carbocycles. The van der Waals surface area contributed by atoms with Crippen molar-refractivity contribution in [3.8, 4) is 0 Å². The van der Waals surface area contributed by atoms with Gasteiger partial charge in [-0.25, -0.2) is 8.42 Å². The Kier molecular flexibility index (Phi) is 4.03. The second-order valence-electron chi connectivity index (χ2n) is 5.65. The van der Waals surface area contributed by atoms with Crippen molar-refractivity contribution in [3.05, 3.63) is 48.3 Å². The SMILES string of the molecule is CN1CCN(S(=O)(=O)c2cnn(C)c2)[C@@H](c2ccccc2)C1. The van der Waals surface area contributed by atoms with Crippen LogP contribution in [0.15, 0.2) is 47.6 Å². The van der Waals surface area contributed by atoms with Gasteiger partial charge in [0.1, 0.15) is 4.90 Å². The molecule has 6 nitrogen and oxygen atoms in total. The van der Waals surface area contributed by atoms with E-state index >= 15 is 0 Å². The highest BCUT2D eigenvalue weighted by Crippen LogP contribution is 2.30. The van der Waals surface area contributed by atoms with Crippen LogP contribution in [0.2, 0.25) is 0 Å². The van der Waals surface area contributed by atoms with Crippen LogP contribution in [0.3, 0.4) is 0 Å². The molecule has 22 heavy (non-hydrogen) atoms. The summed E-state index contributed by atoms with van der Waals surface area (Å²) in [7, 11) is 0.199. The molecule has 3 rings (SSSR count). The van der Waals surface area contributed by atoms with Crippen molar-refractivity contribution in [1.29, 1.82) is 0 Å². The van der Waals surface area contributed by atoms with Gasteiger partial charge in [-0.2, -0.15) is 9.40 Å². The fourth-order valence-corrected chi connectivity index (χ4v) is 4.39. The van der Waals surface area contributed by atoms with Crippen molar-refractivity contribution >= 4 is 10.0 Å². The Balaban J connectivity index is 1.99. The second kappa shape index (κ2) is 5.83. The zero-order chi connectivity index (χ0) is 15.7. The van der Waals surface area contributed by atoms with E-state index in [1.807, 2.05) is 37.4 Å². The fourth-order valence-electron chi connectivity index (χ4n) is 2.80. The van der Waals surface area contributed by atoms with Crippen LogP contribution in [0.1, 0.15) is 11.6 Å². The first-order valence-corrected chi connectivity index (χ1v) is 8.66. The van der Waals surface area contributed by atoms with Crippen LogP contribution >= 0.6 is 0 Å². The smallest absolute Gasteiger partial charge is 0.246 e. The number of benzene rings is 1. The molecule has 0 unspecified atom stereocenters. The summed E-state index contributed by atoms with van der Waals surface area (Å²) in [4.78, 5) is 2.41. The lowest BCUT2D eigenvalue weighted by Gasteiger charge is -2.39. The number of sulfonamides is 1. The number of likely N-dealkylation sites (N-methyl/N-ethyl adjacent to an activating group) is 1. The van der Waals surface area contributed by atoms with E-state index in [2.05, 4.69) is 10.00 Å². The lowest BCUT2D eigenvalue weighted by molar-refractivity contribution is 0.160. The van der Waals surface area contributed by atoms with Crippen molar-refractivity contribution in [2.24, 2.45) is 7.05 Å². The van der Waals surface area contributed by atoms with Crippen LogP contribution < -0.4 is 0 Å². The molecule has 0 aliphatic carbocycles. The number of piperazine rings is 1. The molecule has 0 N–H and O–H groups in total. The topological polar surface area (TPSA) is 58.4 Å². The van der Waals surface area contributed by atoms with E-state index in [0.717, 1.165) is 12.1 Å². The summed E-state index contributed by atoms with van der Waals surface area (Å²) in [6.07, 6.45) is 2.96. The van der Waals surface area contributed by atoms with E-state index < -0.39 is 10.0 Å². The molecule has 1 fully saturated rings. The third kappa shape index (κ3) is 2.79. The van der Waals surface area contributed by atoms with Crippen LogP contribution in [0.25, 0.3) is 0 Å². The van der Waals surface area contributed by atoms with E-state index in [4.69, 9.17) is 0 Å². The van der Waals surface area contributed by atoms with Gasteiger partial charge < -0.3 is 4.90 Å². The van der Waals surface area contributed by atoms with Gasteiger partial charge in [-0.05, 0) is 12.6 Å². The lowest BCUT2D eigenvalue weighted by atomic mass is 10.1. The first kappa shape index (κ1) is 15.2. The lowest BCUT2D eigenvalue weighted by Crippen LogP contribution is -2.49. The van der Waals surface area contributed by atoms with Crippen LogP contribution in [0.5, 0.6) is 0 Å². The summed E-state index contributed by atoms with van der Waals surface area (Å²) < 4.78 is 29.0. The zero-order valence-corrected chi connectivity index (χ0v) is 13.6. The summed E-state index contributed by atoms with van der Waals surface area (Å²) in [6, 6.07) is 9.61. The Labute approximate surface area is 131 Å². The highest BCUT2D eigenvalue weighted by molar-refractivity contribution is 7.89. The molecular formula is C15H20N4O2S. The van der Waals surface area contributed by atoms with E-state index in [-0.39, 0.29) is 10.9 Å². The summed E-state index contributed by atoms with van der Waals surface area (Å²) in [5.41, 5.74) is 1.02. The number of aromatic nitrogens is 2. The van der Waals surface area contributed by atoms with Gasteiger partial charge in [-0.15, -0.1) is 0 Å².